The highest BCUT2D eigenvalue weighted by atomic mass is 32.2. The van der Waals surface area contributed by atoms with Gasteiger partial charge in [-0.1, -0.05) is 36.0 Å². The Morgan fingerprint density at radius 3 is 2.78 bits per heavy atom. The molecule has 18 heavy (non-hydrogen) atoms. The second-order valence-corrected chi connectivity index (χ2v) is 4.94. The van der Waals surface area contributed by atoms with E-state index in [4.69, 9.17) is 0 Å². The van der Waals surface area contributed by atoms with Crippen molar-refractivity contribution in [2.24, 2.45) is 0 Å². The monoisotopic (exact) mass is 254 g/mol. The Morgan fingerprint density at radius 2 is 1.89 bits per heavy atom. The van der Waals surface area contributed by atoms with E-state index in [9.17, 15) is 5.11 Å². The molecule has 88 valence electrons. The molecule has 2 aromatic carbocycles. The first-order valence-electron chi connectivity index (χ1n) is 5.50. The van der Waals surface area contributed by atoms with Gasteiger partial charge in [0.05, 0.1) is 11.7 Å². The lowest BCUT2D eigenvalue weighted by molar-refractivity contribution is 0.474. The Hall–Kier alpha value is -2.07. The predicted molar refractivity (Wildman–Crippen MR) is 71.8 cm³/mol. The van der Waals surface area contributed by atoms with Gasteiger partial charge in [0, 0.05) is 15.2 Å². The first-order chi connectivity index (χ1) is 8.83. The molecule has 3 rings (SSSR count). The molecule has 0 spiro atoms. The topological polar surface area (TPSA) is 46.0 Å². The van der Waals surface area contributed by atoms with E-state index < -0.39 is 0 Å². The van der Waals surface area contributed by atoms with E-state index in [1.165, 1.54) is 0 Å². The number of phenols is 1. The Balaban J connectivity index is 2.05. The molecule has 0 amide bonds. The summed E-state index contributed by atoms with van der Waals surface area (Å²) in [5.41, 5.74) is 0.877. The summed E-state index contributed by atoms with van der Waals surface area (Å²) in [6, 6.07) is 15.1. The standard InChI is InChI=1S/C14H10N2OS/c17-10-4-3-5-11(8-10)18-14-9-15-16-13-7-2-1-6-12(13)14/h1-9,17H. The van der Waals surface area contributed by atoms with Crippen LogP contribution in [0.15, 0.2) is 64.5 Å². The number of hydrogen-bond acceptors (Lipinski definition) is 4. The molecule has 0 radical (unpaired) electrons. The maximum absolute atomic E-state index is 9.46. The molecular weight excluding hydrogens is 244 g/mol. The van der Waals surface area contributed by atoms with E-state index >= 15 is 0 Å². The van der Waals surface area contributed by atoms with Crippen LogP contribution in [0.2, 0.25) is 0 Å². The fraction of sp³-hybridized carbons (Fsp3) is 0. The van der Waals surface area contributed by atoms with Crippen molar-refractivity contribution in [3.8, 4) is 5.75 Å². The van der Waals surface area contributed by atoms with Crippen LogP contribution in [0.3, 0.4) is 0 Å². The van der Waals surface area contributed by atoms with Crippen LogP contribution in [-0.4, -0.2) is 15.3 Å². The highest BCUT2D eigenvalue weighted by Crippen LogP contribution is 2.33. The van der Waals surface area contributed by atoms with Crippen LogP contribution < -0.4 is 0 Å². The van der Waals surface area contributed by atoms with Crippen LogP contribution in [0.5, 0.6) is 5.75 Å². The summed E-state index contributed by atoms with van der Waals surface area (Å²) in [4.78, 5) is 2.01. The van der Waals surface area contributed by atoms with Crippen molar-refractivity contribution in [3.63, 3.8) is 0 Å². The quantitative estimate of drug-likeness (QED) is 0.760. The van der Waals surface area contributed by atoms with Gasteiger partial charge in [-0.25, -0.2) is 0 Å². The van der Waals surface area contributed by atoms with Gasteiger partial charge in [0.1, 0.15) is 5.75 Å². The van der Waals surface area contributed by atoms with Gasteiger partial charge in [-0.05, 0) is 24.3 Å². The van der Waals surface area contributed by atoms with Crippen molar-refractivity contribution in [2.75, 3.05) is 0 Å². The minimum atomic E-state index is 0.270. The number of hydrogen-bond donors (Lipinski definition) is 1. The average Bonchev–Trinajstić information content (AvgIpc) is 2.39. The van der Waals surface area contributed by atoms with Crippen molar-refractivity contribution in [1.29, 1.82) is 0 Å². The van der Waals surface area contributed by atoms with E-state index in [0.717, 1.165) is 20.7 Å². The number of nitrogens with zero attached hydrogens (tertiary/aromatic N) is 2. The van der Waals surface area contributed by atoms with Crippen molar-refractivity contribution in [1.82, 2.24) is 10.2 Å². The maximum Gasteiger partial charge on any atom is 0.116 e. The highest BCUT2D eigenvalue weighted by molar-refractivity contribution is 7.99. The molecule has 0 fully saturated rings. The molecule has 1 N–H and O–H groups in total. The zero-order chi connectivity index (χ0) is 12.4. The van der Waals surface area contributed by atoms with Crippen LogP contribution in [0.4, 0.5) is 0 Å². The average molecular weight is 254 g/mol. The Morgan fingerprint density at radius 1 is 1.00 bits per heavy atom. The molecular formula is C14H10N2OS. The van der Waals surface area contributed by atoms with Gasteiger partial charge in [0.2, 0.25) is 0 Å². The molecule has 0 unspecified atom stereocenters. The van der Waals surface area contributed by atoms with E-state index in [0.29, 0.717) is 0 Å². The van der Waals surface area contributed by atoms with Crippen LogP contribution in [0, 0.1) is 0 Å². The van der Waals surface area contributed by atoms with E-state index in [-0.39, 0.29) is 5.75 Å². The fourth-order valence-corrected chi connectivity index (χ4v) is 2.70. The summed E-state index contributed by atoms with van der Waals surface area (Å²) in [5, 5.41) is 18.6. The molecule has 0 saturated carbocycles. The number of benzene rings is 2. The maximum atomic E-state index is 9.46. The van der Waals surface area contributed by atoms with E-state index in [2.05, 4.69) is 10.2 Å². The first kappa shape index (κ1) is 11.0. The van der Waals surface area contributed by atoms with Crippen LogP contribution in [0.1, 0.15) is 0 Å². The summed E-state index contributed by atoms with van der Waals surface area (Å²) in [7, 11) is 0. The number of aromatic nitrogens is 2. The fourth-order valence-electron chi connectivity index (χ4n) is 1.74. The lowest BCUT2D eigenvalue weighted by Gasteiger charge is -2.04. The summed E-state index contributed by atoms with van der Waals surface area (Å²) in [6.07, 6.45) is 1.75. The van der Waals surface area contributed by atoms with Crippen molar-refractivity contribution >= 4 is 22.7 Å². The Labute approximate surface area is 108 Å². The van der Waals surface area contributed by atoms with Gasteiger partial charge in [0.15, 0.2) is 0 Å². The number of fused-ring (bicyclic) bond motifs is 1. The second kappa shape index (κ2) is 4.66. The minimum Gasteiger partial charge on any atom is -0.508 e. The zero-order valence-electron chi connectivity index (χ0n) is 9.45. The molecule has 0 aliphatic rings. The van der Waals surface area contributed by atoms with Crippen molar-refractivity contribution in [3.05, 3.63) is 54.7 Å². The molecule has 3 nitrogen and oxygen atoms in total. The molecule has 1 aromatic heterocycles. The third-order valence-electron chi connectivity index (χ3n) is 2.56. The summed E-state index contributed by atoms with van der Waals surface area (Å²) in [6.45, 7) is 0. The van der Waals surface area contributed by atoms with Crippen LogP contribution in [-0.2, 0) is 0 Å². The zero-order valence-corrected chi connectivity index (χ0v) is 10.3. The van der Waals surface area contributed by atoms with Gasteiger partial charge in [0.25, 0.3) is 0 Å². The third kappa shape index (κ3) is 2.15. The molecule has 0 aliphatic heterocycles. The number of phenolic OH excluding ortho intramolecular Hbond substituents is 1. The third-order valence-corrected chi connectivity index (χ3v) is 3.59. The van der Waals surface area contributed by atoms with Gasteiger partial charge >= 0.3 is 0 Å². The minimum absolute atomic E-state index is 0.270. The van der Waals surface area contributed by atoms with Crippen LogP contribution in [0.25, 0.3) is 10.9 Å². The summed E-state index contributed by atoms with van der Waals surface area (Å²) in [5.74, 6) is 0.270. The lowest BCUT2D eigenvalue weighted by Crippen LogP contribution is -1.85. The molecule has 0 saturated heterocycles. The Kier molecular flexibility index (Phi) is 2.86. The van der Waals surface area contributed by atoms with Crippen molar-refractivity contribution in [2.45, 2.75) is 9.79 Å². The Bertz CT molecular complexity index is 695. The normalized spacial score (nSPS) is 10.7. The lowest BCUT2D eigenvalue weighted by atomic mass is 10.2. The molecule has 0 aliphatic carbocycles. The molecule has 0 bridgehead atoms. The predicted octanol–water partition coefficient (Wildman–Crippen LogP) is 3.49. The van der Waals surface area contributed by atoms with Gasteiger partial charge < -0.3 is 5.11 Å². The second-order valence-electron chi connectivity index (χ2n) is 3.83. The van der Waals surface area contributed by atoms with E-state index in [1.807, 2.05) is 36.4 Å². The van der Waals surface area contributed by atoms with Gasteiger partial charge in [-0.15, -0.1) is 0 Å². The van der Waals surface area contributed by atoms with Crippen molar-refractivity contribution < 1.29 is 5.11 Å². The highest BCUT2D eigenvalue weighted by Gasteiger charge is 2.04. The largest absolute Gasteiger partial charge is 0.508 e. The smallest absolute Gasteiger partial charge is 0.116 e. The van der Waals surface area contributed by atoms with Gasteiger partial charge in [-0.2, -0.15) is 10.2 Å². The van der Waals surface area contributed by atoms with Crippen LogP contribution >= 0.6 is 11.8 Å². The molecule has 3 aromatic rings. The first-order valence-corrected chi connectivity index (χ1v) is 6.32. The SMILES string of the molecule is Oc1cccc(Sc2cnnc3ccccc23)c1. The number of aromatic hydroxyl groups is 1. The van der Waals surface area contributed by atoms with E-state index in [1.54, 1.807) is 30.1 Å². The molecule has 0 atom stereocenters. The summed E-state index contributed by atoms with van der Waals surface area (Å²) >= 11 is 1.57. The molecule has 4 heteroatoms. The summed E-state index contributed by atoms with van der Waals surface area (Å²) < 4.78 is 0. The molecule has 1 heterocycles. The number of rotatable bonds is 2. The van der Waals surface area contributed by atoms with Gasteiger partial charge in [-0.3, -0.25) is 0 Å².